The number of nitrogens with one attached hydrogen (secondary N) is 2. The van der Waals surface area contributed by atoms with Crippen molar-refractivity contribution >= 4 is 22.5 Å². The Bertz CT molecular complexity index is 639. The summed E-state index contributed by atoms with van der Waals surface area (Å²) in [7, 11) is 0. The lowest BCUT2D eigenvalue weighted by Crippen LogP contribution is -2.44. The van der Waals surface area contributed by atoms with Crippen molar-refractivity contribution in [3.63, 3.8) is 0 Å². The van der Waals surface area contributed by atoms with E-state index in [1.807, 2.05) is 31.4 Å². The zero-order valence-electron chi connectivity index (χ0n) is 14.1. The fourth-order valence-corrected chi connectivity index (χ4v) is 3.31. The Morgan fingerprint density at radius 3 is 2.71 bits per heavy atom. The van der Waals surface area contributed by atoms with Crippen LogP contribution in [-0.2, 0) is 0 Å². The molecule has 0 bridgehead atoms. The fraction of sp³-hybridized carbons (Fsp3) is 0.471. The number of carbonyl (C=O) groups excluding carboxylic acids is 1. The molecule has 0 saturated heterocycles. The molecule has 0 unspecified atom stereocenters. The number of hydrogen-bond acceptors (Lipinski definition) is 5. The SMILES string of the molecule is CCCC(O)(CCC)CNC(=O)Nc1nc(-c2cccnc2)cs1. The van der Waals surface area contributed by atoms with Gasteiger partial charge < -0.3 is 10.4 Å². The van der Waals surface area contributed by atoms with Crippen molar-refractivity contribution in [2.75, 3.05) is 11.9 Å². The Labute approximate surface area is 146 Å². The lowest BCUT2D eigenvalue weighted by atomic mass is 9.93. The largest absolute Gasteiger partial charge is 0.388 e. The molecule has 130 valence electrons. The normalized spacial score (nSPS) is 11.3. The molecule has 2 rings (SSSR count). The number of hydrogen-bond donors (Lipinski definition) is 3. The number of thiazole rings is 1. The Morgan fingerprint density at radius 2 is 2.08 bits per heavy atom. The lowest BCUT2D eigenvalue weighted by molar-refractivity contribution is 0.0245. The molecule has 6 nitrogen and oxygen atoms in total. The summed E-state index contributed by atoms with van der Waals surface area (Å²) in [6.45, 7) is 4.29. The topological polar surface area (TPSA) is 87.1 Å². The third-order valence-corrected chi connectivity index (χ3v) is 4.45. The molecule has 0 radical (unpaired) electrons. The van der Waals surface area contributed by atoms with E-state index in [1.54, 1.807) is 12.4 Å². The highest BCUT2D eigenvalue weighted by atomic mass is 32.1. The number of anilines is 1. The predicted molar refractivity (Wildman–Crippen MR) is 97.1 cm³/mol. The van der Waals surface area contributed by atoms with Crippen LogP contribution in [0, 0.1) is 0 Å². The molecule has 0 fully saturated rings. The molecule has 2 aromatic rings. The summed E-state index contributed by atoms with van der Waals surface area (Å²) in [6, 6.07) is 3.41. The number of rotatable bonds is 8. The average Bonchev–Trinajstić information content (AvgIpc) is 3.03. The highest BCUT2D eigenvalue weighted by Crippen LogP contribution is 2.24. The molecule has 7 heteroatoms. The van der Waals surface area contributed by atoms with Crippen molar-refractivity contribution < 1.29 is 9.90 Å². The molecule has 0 spiro atoms. The first-order valence-electron chi connectivity index (χ1n) is 8.19. The zero-order chi connectivity index (χ0) is 17.4. The molecule has 0 aromatic carbocycles. The Kier molecular flexibility index (Phi) is 6.69. The van der Waals surface area contributed by atoms with Crippen LogP contribution in [-0.4, -0.2) is 33.3 Å². The van der Waals surface area contributed by atoms with Gasteiger partial charge in [0.15, 0.2) is 5.13 Å². The van der Waals surface area contributed by atoms with E-state index in [0.717, 1.165) is 24.1 Å². The second kappa shape index (κ2) is 8.75. The van der Waals surface area contributed by atoms with Gasteiger partial charge in [-0.1, -0.05) is 26.7 Å². The third-order valence-electron chi connectivity index (χ3n) is 3.69. The summed E-state index contributed by atoms with van der Waals surface area (Å²) in [4.78, 5) is 20.5. The van der Waals surface area contributed by atoms with Gasteiger partial charge in [-0.05, 0) is 25.0 Å². The molecule has 0 saturated carbocycles. The van der Waals surface area contributed by atoms with Crippen LogP contribution in [0.25, 0.3) is 11.3 Å². The summed E-state index contributed by atoms with van der Waals surface area (Å²) >= 11 is 1.35. The van der Waals surface area contributed by atoms with Crippen LogP contribution < -0.4 is 10.6 Å². The minimum atomic E-state index is -0.843. The summed E-state index contributed by atoms with van der Waals surface area (Å²) < 4.78 is 0. The second-order valence-electron chi connectivity index (χ2n) is 5.81. The van der Waals surface area contributed by atoms with E-state index in [4.69, 9.17) is 0 Å². The molecule has 2 aromatic heterocycles. The van der Waals surface area contributed by atoms with Gasteiger partial charge in [-0.25, -0.2) is 9.78 Å². The number of carbonyl (C=O) groups is 1. The number of pyridine rings is 1. The van der Waals surface area contributed by atoms with Crippen LogP contribution in [0.4, 0.5) is 9.93 Å². The molecule has 24 heavy (non-hydrogen) atoms. The van der Waals surface area contributed by atoms with Crippen LogP contribution in [0.15, 0.2) is 29.9 Å². The maximum atomic E-state index is 12.0. The smallest absolute Gasteiger partial charge is 0.321 e. The highest BCUT2D eigenvalue weighted by molar-refractivity contribution is 7.14. The molecule has 2 amide bonds. The van der Waals surface area contributed by atoms with E-state index in [0.29, 0.717) is 18.0 Å². The first-order chi connectivity index (χ1) is 11.6. The summed E-state index contributed by atoms with van der Waals surface area (Å²) in [6.07, 6.45) is 6.53. The van der Waals surface area contributed by atoms with E-state index in [9.17, 15) is 9.90 Å². The van der Waals surface area contributed by atoms with Crippen LogP contribution in [0.5, 0.6) is 0 Å². The number of urea groups is 1. The van der Waals surface area contributed by atoms with E-state index in [-0.39, 0.29) is 12.6 Å². The van der Waals surface area contributed by atoms with Crippen molar-refractivity contribution in [1.29, 1.82) is 0 Å². The van der Waals surface area contributed by atoms with Crippen molar-refractivity contribution in [2.24, 2.45) is 0 Å². The molecule has 2 heterocycles. The van der Waals surface area contributed by atoms with Gasteiger partial charge >= 0.3 is 6.03 Å². The van der Waals surface area contributed by atoms with Crippen LogP contribution >= 0.6 is 11.3 Å². The van der Waals surface area contributed by atoms with Crippen LogP contribution in [0.2, 0.25) is 0 Å². The van der Waals surface area contributed by atoms with Crippen molar-refractivity contribution in [3.8, 4) is 11.3 Å². The standard InChI is InChI=1S/C17H24N4O2S/c1-3-7-17(23,8-4-2)12-19-15(22)21-16-20-14(11-24-16)13-6-5-9-18-10-13/h5-6,9-11,23H,3-4,7-8,12H2,1-2H3,(H2,19,20,21,22). The van der Waals surface area contributed by atoms with Gasteiger partial charge in [0.25, 0.3) is 0 Å². The van der Waals surface area contributed by atoms with Gasteiger partial charge in [-0.15, -0.1) is 11.3 Å². The molecule has 3 N–H and O–H groups in total. The average molecular weight is 348 g/mol. The second-order valence-corrected chi connectivity index (χ2v) is 6.67. The lowest BCUT2D eigenvalue weighted by Gasteiger charge is -2.27. The molecular formula is C17H24N4O2S. The van der Waals surface area contributed by atoms with Gasteiger partial charge in [0.2, 0.25) is 0 Å². The van der Waals surface area contributed by atoms with Crippen molar-refractivity contribution in [2.45, 2.75) is 45.1 Å². The number of amides is 2. The predicted octanol–water partition coefficient (Wildman–Crippen LogP) is 3.66. The first-order valence-corrected chi connectivity index (χ1v) is 9.07. The number of aromatic nitrogens is 2. The van der Waals surface area contributed by atoms with Gasteiger partial charge in [-0.2, -0.15) is 0 Å². The summed E-state index contributed by atoms with van der Waals surface area (Å²) in [5.41, 5.74) is 0.837. The first kappa shape index (κ1) is 18.4. The molecular weight excluding hydrogens is 324 g/mol. The quantitative estimate of drug-likeness (QED) is 0.679. The molecule has 0 aliphatic carbocycles. The third kappa shape index (κ3) is 5.28. The van der Waals surface area contributed by atoms with Gasteiger partial charge in [0.1, 0.15) is 0 Å². The highest BCUT2D eigenvalue weighted by Gasteiger charge is 2.25. The fourth-order valence-electron chi connectivity index (χ4n) is 2.60. The van der Waals surface area contributed by atoms with E-state index >= 15 is 0 Å². The van der Waals surface area contributed by atoms with Crippen LogP contribution in [0.1, 0.15) is 39.5 Å². The molecule has 0 aliphatic heterocycles. The summed E-state index contributed by atoms with van der Waals surface area (Å²) in [5, 5.41) is 18.4. The van der Waals surface area contributed by atoms with Crippen molar-refractivity contribution in [1.82, 2.24) is 15.3 Å². The van der Waals surface area contributed by atoms with E-state index in [1.165, 1.54) is 11.3 Å². The van der Waals surface area contributed by atoms with E-state index in [2.05, 4.69) is 20.6 Å². The van der Waals surface area contributed by atoms with Gasteiger partial charge in [0.05, 0.1) is 11.3 Å². The minimum Gasteiger partial charge on any atom is -0.388 e. The van der Waals surface area contributed by atoms with Crippen molar-refractivity contribution in [3.05, 3.63) is 29.9 Å². The van der Waals surface area contributed by atoms with Gasteiger partial charge in [-0.3, -0.25) is 10.3 Å². The Balaban J connectivity index is 1.90. The maximum absolute atomic E-state index is 12.0. The Hall–Kier alpha value is -1.99. The number of nitrogens with zero attached hydrogens (tertiary/aromatic N) is 2. The Morgan fingerprint density at radius 1 is 1.33 bits per heavy atom. The zero-order valence-corrected chi connectivity index (χ0v) is 14.9. The summed E-state index contributed by atoms with van der Waals surface area (Å²) in [5.74, 6) is 0. The molecule has 0 atom stereocenters. The van der Waals surface area contributed by atoms with Crippen LogP contribution in [0.3, 0.4) is 0 Å². The maximum Gasteiger partial charge on any atom is 0.321 e. The molecule has 0 aliphatic rings. The minimum absolute atomic E-state index is 0.237. The van der Waals surface area contributed by atoms with Gasteiger partial charge in [0, 0.05) is 29.9 Å². The monoisotopic (exact) mass is 348 g/mol. The number of aliphatic hydroxyl groups is 1. The van der Waals surface area contributed by atoms with E-state index < -0.39 is 5.60 Å².